The first-order chi connectivity index (χ1) is 14.4. The van der Waals surface area contributed by atoms with E-state index in [0.717, 1.165) is 30.9 Å². The van der Waals surface area contributed by atoms with E-state index in [2.05, 4.69) is 62.2 Å². The Bertz CT molecular complexity index is 825. The number of amides is 1. The van der Waals surface area contributed by atoms with Crippen LogP contribution in [-0.4, -0.2) is 42.7 Å². The van der Waals surface area contributed by atoms with Gasteiger partial charge in [0.05, 0.1) is 25.2 Å². The van der Waals surface area contributed by atoms with Crippen molar-refractivity contribution in [1.29, 1.82) is 0 Å². The molecular formula is C25H34N2O3. The van der Waals surface area contributed by atoms with Crippen LogP contribution in [0.1, 0.15) is 42.5 Å². The topological polar surface area (TPSA) is 50.8 Å². The Kier molecular flexibility index (Phi) is 7.88. The number of benzene rings is 2. The number of nitrogens with one attached hydrogen (secondary N) is 1. The molecule has 0 bridgehead atoms. The summed E-state index contributed by atoms with van der Waals surface area (Å²) in [6, 6.07) is 14.5. The lowest BCUT2D eigenvalue weighted by Gasteiger charge is -2.35. The summed E-state index contributed by atoms with van der Waals surface area (Å²) in [6.07, 6.45) is 0.905. The number of carbonyl (C=O) groups is 1. The number of hydrogen-bond acceptors (Lipinski definition) is 4. The highest BCUT2D eigenvalue weighted by molar-refractivity contribution is 5.76. The van der Waals surface area contributed by atoms with E-state index in [0.29, 0.717) is 19.6 Å². The second-order valence-corrected chi connectivity index (χ2v) is 8.39. The minimum atomic E-state index is -0.000739. The summed E-state index contributed by atoms with van der Waals surface area (Å²) in [7, 11) is 0. The quantitative estimate of drug-likeness (QED) is 0.715. The maximum Gasteiger partial charge on any atom is 0.223 e. The summed E-state index contributed by atoms with van der Waals surface area (Å²) in [6.45, 7) is 12.2. The second-order valence-electron chi connectivity index (χ2n) is 8.39. The first kappa shape index (κ1) is 22.3. The molecule has 1 saturated heterocycles. The number of morpholine rings is 1. The van der Waals surface area contributed by atoms with E-state index in [1.165, 1.54) is 16.7 Å². The highest BCUT2D eigenvalue weighted by atomic mass is 16.5. The number of rotatable bonds is 8. The predicted octanol–water partition coefficient (Wildman–Crippen LogP) is 4.00. The maximum absolute atomic E-state index is 12.1. The lowest BCUT2D eigenvalue weighted by molar-refractivity contribution is -0.121. The number of hydrogen-bond donors (Lipinski definition) is 1. The molecule has 5 nitrogen and oxygen atoms in total. The Morgan fingerprint density at radius 2 is 1.70 bits per heavy atom. The summed E-state index contributed by atoms with van der Waals surface area (Å²) < 4.78 is 11.5. The Hall–Kier alpha value is -2.37. The molecule has 1 aliphatic rings. The predicted molar refractivity (Wildman–Crippen MR) is 120 cm³/mol. The van der Waals surface area contributed by atoms with Gasteiger partial charge >= 0.3 is 0 Å². The molecule has 0 spiro atoms. The number of nitrogens with zero attached hydrogens (tertiary/aromatic N) is 1. The third kappa shape index (κ3) is 6.85. The molecule has 0 aliphatic carbocycles. The molecule has 1 N–H and O–H groups in total. The van der Waals surface area contributed by atoms with Gasteiger partial charge in [-0.3, -0.25) is 9.69 Å². The Balaban J connectivity index is 1.38. The summed E-state index contributed by atoms with van der Waals surface area (Å²) in [5.74, 6) is 0.810. The van der Waals surface area contributed by atoms with Gasteiger partial charge < -0.3 is 14.8 Å². The Morgan fingerprint density at radius 1 is 1.03 bits per heavy atom. The molecule has 0 aromatic heterocycles. The summed E-state index contributed by atoms with van der Waals surface area (Å²) in [5, 5.41) is 2.97. The molecule has 3 rings (SSSR count). The average molecular weight is 411 g/mol. The van der Waals surface area contributed by atoms with Gasteiger partial charge in [-0.2, -0.15) is 0 Å². The van der Waals surface area contributed by atoms with Gasteiger partial charge in [-0.25, -0.2) is 0 Å². The fraction of sp³-hybridized carbons (Fsp3) is 0.480. The molecule has 162 valence electrons. The van der Waals surface area contributed by atoms with Gasteiger partial charge in [0.15, 0.2) is 0 Å². The zero-order chi connectivity index (χ0) is 21.5. The summed E-state index contributed by atoms with van der Waals surface area (Å²) in [4.78, 5) is 14.5. The van der Waals surface area contributed by atoms with Crippen LogP contribution in [0.25, 0.3) is 0 Å². The molecule has 2 atom stereocenters. The van der Waals surface area contributed by atoms with Crippen LogP contribution >= 0.6 is 0 Å². The van der Waals surface area contributed by atoms with Crippen LogP contribution in [0.15, 0.2) is 42.5 Å². The molecule has 0 saturated carbocycles. The molecule has 1 amide bonds. The van der Waals surface area contributed by atoms with Gasteiger partial charge in [-0.1, -0.05) is 30.3 Å². The molecular weight excluding hydrogens is 376 g/mol. The molecule has 1 aliphatic heterocycles. The first-order valence-corrected chi connectivity index (χ1v) is 10.8. The van der Waals surface area contributed by atoms with Gasteiger partial charge in [-0.05, 0) is 62.1 Å². The molecule has 5 heteroatoms. The standard InChI is InChI=1S/C25H34N2O3/c1-18-5-10-24(13-19(18)2)29-12-11-25(28)26-14-22-6-8-23(9-7-22)17-27-15-20(3)30-21(4)16-27/h5-10,13,20-21H,11-12,14-17H2,1-4H3,(H,26,28)/t20-,21-/m0/s1. The van der Waals surface area contributed by atoms with E-state index in [1.54, 1.807) is 0 Å². The van der Waals surface area contributed by atoms with E-state index < -0.39 is 0 Å². The van der Waals surface area contributed by atoms with Gasteiger partial charge in [0.1, 0.15) is 5.75 Å². The van der Waals surface area contributed by atoms with Crippen LogP contribution in [0.5, 0.6) is 5.75 Å². The third-order valence-electron chi connectivity index (χ3n) is 5.49. The van der Waals surface area contributed by atoms with E-state index in [-0.39, 0.29) is 18.1 Å². The van der Waals surface area contributed by atoms with Crippen molar-refractivity contribution < 1.29 is 14.3 Å². The monoisotopic (exact) mass is 410 g/mol. The van der Waals surface area contributed by atoms with E-state index in [4.69, 9.17) is 9.47 Å². The van der Waals surface area contributed by atoms with Gasteiger partial charge in [-0.15, -0.1) is 0 Å². The highest BCUT2D eigenvalue weighted by Crippen LogP contribution is 2.17. The van der Waals surface area contributed by atoms with Crippen molar-refractivity contribution in [3.05, 3.63) is 64.7 Å². The Labute approximate surface area is 180 Å². The molecule has 2 aromatic carbocycles. The van der Waals surface area contributed by atoms with E-state index in [1.807, 2.05) is 18.2 Å². The lowest BCUT2D eigenvalue weighted by Crippen LogP contribution is -2.44. The fourth-order valence-electron chi connectivity index (χ4n) is 3.79. The summed E-state index contributed by atoms with van der Waals surface area (Å²) in [5.41, 5.74) is 4.82. The van der Waals surface area contributed by atoms with Crippen molar-refractivity contribution in [2.75, 3.05) is 19.7 Å². The van der Waals surface area contributed by atoms with Gasteiger partial charge in [0.2, 0.25) is 5.91 Å². The molecule has 1 heterocycles. The van der Waals surface area contributed by atoms with Crippen molar-refractivity contribution in [3.63, 3.8) is 0 Å². The first-order valence-electron chi connectivity index (χ1n) is 10.8. The van der Waals surface area contributed by atoms with Gasteiger partial charge in [0, 0.05) is 26.2 Å². The largest absolute Gasteiger partial charge is 0.493 e. The SMILES string of the molecule is Cc1ccc(OCCC(=O)NCc2ccc(CN3C[C@H](C)O[C@@H](C)C3)cc2)cc1C. The fourth-order valence-corrected chi connectivity index (χ4v) is 3.79. The van der Waals surface area contributed by atoms with Crippen molar-refractivity contribution in [2.45, 2.75) is 59.4 Å². The van der Waals surface area contributed by atoms with Crippen LogP contribution in [-0.2, 0) is 22.6 Å². The van der Waals surface area contributed by atoms with Crippen LogP contribution in [0.3, 0.4) is 0 Å². The second kappa shape index (κ2) is 10.6. The molecule has 0 radical (unpaired) electrons. The maximum atomic E-state index is 12.1. The molecule has 2 aromatic rings. The minimum Gasteiger partial charge on any atom is -0.493 e. The molecule has 1 fully saturated rings. The highest BCUT2D eigenvalue weighted by Gasteiger charge is 2.21. The number of aryl methyl sites for hydroxylation is 2. The zero-order valence-electron chi connectivity index (χ0n) is 18.6. The normalized spacial score (nSPS) is 19.5. The average Bonchev–Trinajstić information content (AvgIpc) is 2.69. The van der Waals surface area contributed by atoms with E-state index >= 15 is 0 Å². The lowest BCUT2D eigenvalue weighted by atomic mass is 10.1. The van der Waals surface area contributed by atoms with Crippen molar-refractivity contribution >= 4 is 5.91 Å². The van der Waals surface area contributed by atoms with Crippen LogP contribution in [0.2, 0.25) is 0 Å². The van der Waals surface area contributed by atoms with Crippen molar-refractivity contribution in [1.82, 2.24) is 10.2 Å². The number of ether oxygens (including phenoxy) is 2. The Morgan fingerprint density at radius 3 is 2.37 bits per heavy atom. The van der Waals surface area contributed by atoms with E-state index in [9.17, 15) is 4.79 Å². The van der Waals surface area contributed by atoms with Gasteiger partial charge in [0.25, 0.3) is 0 Å². The van der Waals surface area contributed by atoms with Crippen molar-refractivity contribution in [2.24, 2.45) is 0 Å². The smallest absolute Gasteiger partial charge is 0.223 e. The van der Waals surface area contributed by atoms with Crippen molar-refractivity contribution in [3.8, 4) is 5.75 Å². The number of carbonyl (C=O) groups excluding carboxylic acids is 1. The van der Waals surface area contributed by atoms with Crippen LogP contribution in [0, 0.1) is 13.8 Å². The van der Waals surface area contributed by atoms with Crippen LogP contribution < -0.4 is 10.1 Å². The van der Waals surface area contributed by atoms with Crippen LogP contribution in [0.4, 0.5) is 0 Å². The molecule has 0 unspecified atom stereocenters. The third-order valence-corrected chi connectivity index (χ3v) is 5.49. The zero-order valence-corrected chi connectivity index (χ0v) is 18.6. The molecule has 30 heavy (non-hydrogen) atoms. The minimum absolute atomic E-state index is 0.000739. The summed E-state index contributed by atoms with van der Waals surface area (Å²) >= 11 is 0.